The number of hydrogen-bond donors (Lipinski definition) is 0. The van der Waals surface area contributed by atoms with Crippen molar-refractivity contribution >= 4 is 45.6 Å². The quantitative estimate of drug-likeness (QED) is 0.361. The maximum Gasteiger partial charge on any atom is 0.298 e. The number of methoxy groups -OCH3 is 1. The number of nitrogens with zero attached hydrogens (tertiary/aromatic N) is 2. The number of amides is 2. The van der Waals surface area contributed by atoms with Gasteiger partial charge in [0.2, 0.25) is 0 Å². The molecule has 4 aromatic rings. The van der Waals surface area contributed by atoms with Gasteiger partial charge >= 0.3 is 0 Å². The van der Waals surface area contributed by atoms with Gasteiger partial charge in [0, 0.05) is 29.2 Å². The molecule has 6 heteroatoms. The van der Waals surface area contributed by atoms with E-state index in [9.17, 15) is 9.59 Å². The van der Waals surface area contributed by atoms with E-state index in [2.05, 4.69) is 22.8 Å². The second-order valence-electron chi connectivity index (χ2n) is 7.40. The summed E-state index contributed by atoms with van der Waals surface area (Å²) in [7, 11) is 1.52. The van der Waals surface area contributed by atoms with E-state index in [-0.39, 0.29) is 11.1 Å². The fourth-order valence-electron chi connectivity index (χ4n) is 3.93. The number of carbonyl (C=O) groups excluding carboxylic acids is 2. The fourth-order valence-corrected chi connectivity index (χ4v) is 4.76. The Balaban J connectivity index is 1.53. The number of para-hydroxylation sites is 3. The number of carbonyl (C=O) groups is 2. The molecule has 3 aromatic carbocycles. The van der Waals surface area contributed by atoms with E-state index in [1.165, 1.54) is 17.6 Å². The standard InChI is InChI=1S/C26H20N2O3S/c1-31-23-14-8-7-13-22(23)28-25(29)24(32-26(28)30)15-19-17-27(16-18-9-3-2-4-10-18)21-12-6-5-11-20(19)21/h2-15,17H,16H2,1H3/b24-15-. The van der Waals surface area contributed by atoms with Crippen LogP contribution in [0.2, 0.25) is 0 Å². The molecule has 158 valence electrons. The minimum Gasteiger partial charge on any atom is -0.495 e. The van der Waals surface area contributed by atoms with E-state index in [0.29, 0.717) is 16.3 Å². The Kier molecular flexibility index (Phi) is 5.29. The highest BCUT2D eigenvalue weighted by Gasteiger charge is 2.37. The third-order valence-corrected chi connectivity index (χ3v) is 6.29. The fraction of sp³-hybridized carbons (Fsp3) is 0.0769. The summed E-state index contributed by atoms with van der Waals surface area (Å²) >= 11 is 0.946. The predicted octanol–water partition coefficient (Wildman–Crippen LogP) is 5.94. The molecule has 0 unspecified atom stereocenters. The highest BCUT2D eigenvalue weighted by molar-refractivity contribution is 8.19. The van der Waals surface area contributed by atoms with Gasteiger partial charge in [-0.3, -0.25) is 9.59 Å². The van der Waals surface area contributed by atoms with Gasteiger partial charge in [-0.05, 0) is 41.6 Å². The molecule has 0 N–H and O–H groups in total. The normalized spacial score (nSPS) is 15.2. The van der Waals surface area contributed by atoms with Crippen molar-refractivity contribution in [1.82, 2.24) is 4.57 Å². The molecule has 1 aliphatic rings. The molecule has 0 atom stereocenters. The first kappa shape index (κ1) is 20.2. The minimum atomic E-state index is -0.343. The summed E-state index contributed by atoms with van der Waals surface area (Å²) in [6, 6.07) is 25.3. The Morgan fingerprint density at radius 2 is 1.62 bits per heavy atom. The van der Waals surface area contributed by atoms with Gasteiger partial charge in [-0.15, -0.1) is 0 Å². The highest BCUT2D eigenvalue weighted by Crippen LogP contribution is 2.40. The second kappa shape index (κ2) is 8.40. The number of hydrogen-bond acceptors (Lipinski definition) is 4. The molecule has 1 aromatic heterocycles. The van der Waals surface area contributed by atoms with Gasteiger partial charge in [-0.2, -0.15) is 0 Å². The topological polar surface area (TPSA) is 51.5 Å². The average Bonchev–Trinajstić information content (AvgIpc) is 3.31. The first-order valence-electron chi connectivity index (χ1n) is 10.2. The largest absolute Gasteiger partial charge is 0.495 e. The van der Waals surface area contributed by atoms with Gasteiger partial charge in [0.25, 0.3) is 11.1 Å². The summed E-state index contributed by atoms with van der Waals surface area (Å²) in [5, 5.41) is 0.700. The molecule has 2 heterocycles. The summed E-state index contributed by atoms with van der Waals surface area (Å²) in [6.07, 6.45) is 3.85. The third-order valence-electron chi connectivity index (χ3n) is 5.42. The highest BCUT2D eigenvalue weighted by atomic mass is 32.2. The number of rotatable bonds is 5. The van der Waals surface area contributed by atoms with Crippen molar-refractivity contribution in [3.63, 3.8) is 0 Å². The number of anilines is 1. The smallest absolute Gasteiger partial charge is 0.298 e. The maximum absolute atomic E-state index is 13.2. The van der Waals surface area contributed by atoms with Crippen molar-refractivity contribution in [3.05, 3.63) is 101 Å². The first-order chi connectivity index (χ1) is 15.7. The molecule has 1 aliphatic heterocycles. The molecule has 1 fully saturated rings. The molecule has 2 amide bonds. The molecule has 5 rings (SSSR count). The van der Waals surface area contributed by atoms with Gasteiger partial charge in [-0.1, -0.05) is 60.7 Å². The Morgan fingerprint density at radius 3 is 2.44 bits per heavy atom. The summed E-state index contributed by atoms with van der Waals surface area (Å²) in [5.41, 5.74) is 3.62. The molecule has 0 bridgehead atoms. The van der Waals surface area contributed by atoms with Crippen molar-refractivity contribution in [2.24, 2.45) is 0 Å². The maximum atomic E-state index is 13.2. The molecular formula is C26H20N2O3S. The van der Waals surface area contributed by atoms with Gasteiger partial charge in [0.15, 0.2) is 0 Å². The first-order valence-corrected chi connectivity index (χ1v) is 11.0. The molecule has 5 nitrogen and oxygen atoms in total. The van der Waals surface area contributed by atoms with Crippen molar-refractivity contribution in [2.75, 3.05) is 12.0 Å². The Morgan fingerprint density at radius 1 is 0.906 bits per heavy atom. The van der Waals surface area contributed by atoms with Crippen LogP contribution in [0.5, 0.6) is 5.75 Å². The lowest BCUT2D eigenvalue weighted by Crippen LogP contribution is -2.28. The van der Waals surface area contributed by atoms with Crippen molar-refractivity contribution in [1.29, 1.82) is 0 Å². The Hall–Kier alpha value is -3.77. The van der Waals surface area contributed by atoms with E-state index in [1.807, 2.05) is 48.7 Å². The van der Waals surface area contributed by atoms with Crippen molar-refractivity contribution < 1.29 is 14.3 Å². The summed E-state index contributed by atoms with van der Waals surface area (Å²) in [6.45, 7) is 0.720. The molecule has 0 aliphatic carbocycles. The zero-order valence-electron chi connectivity index (χ0n) is 17.4. The SMILES string of the molecule is COc1ccccc1N1C(=O)S/C(=C\c2cn(Cc3ccccc3)c3ccccc23)C1=O. The number of benzene rings is 3. The van der Waals surface area contributed by atoms with E-state index in [0.717, 1.165) is 34.8 Å². The van der Waals surface area contributed by atoms with Gasteiger partial charge < -0.3 is 9.30 Å². The Labute approximate surface area is 189 Å². The van der Waals surface area contributed by atoms with Crippen LogP contribution in [0.1, 0.15) is 11.1 Å². The van der Waals surface area contributed by atoms with Crippen LogP contribution in [0.25, 0.3) is 17.0 Å². The van der Waals surface area contributed by atoms with Gasteiger partial charge in [0.05, 0.1) is 17.7 Å². The van der Waals surface area contributed by atoms with Crippen molar-refractivity contribution in [3.8, 4) is 5.75 Å². The van der Waals surface area contributed by atoms with Crippen LogP contribution in [-0.2, 0) is 11.3 Å². The van der Waals surface area contributed by atoms with Crippen LogP contribution in [0, 0.1) is 0 Å². The summed E-state index contributed by atoms with van der Waals surface area (Å²) in [4.78, 5) is 27.5. The van der Waals surface area contributed by atoms with Crippen LogP contribution in [0.3, 0.4) is 0 Å². The van der Waals surface area contributed by atoms with Crippen molar-refractivity contribution in [2.45, 2.75) is 6.54 Å². The number of ether oxygens (including phenoxy) is 1. The lowest BCUT2D eigenvalue weighted by molar-refractivity contribution is -0.113. The van der Waals surface area contributed by atoms with Crippen LogP contribution in [0.4, 0.5) is 10.5 Å². The zero-order valence-corrected chi connectivity index (χ0v) is 18.2. The molecule has 0 spiro atoms. The molecular weight excluding hydrogens is 420 g/mol. The van der Waals surface area contributed by atoms with Crippen LogP contribution >= 0.6 is 11.8 Å². The molecule has 0 saturated carbocycles. The monoisotopic (exact) mass is 440 g/mol. The lowest BCUT2D eigenvalue weighted by Gasteiger charge is -2.15. The minimum absolute atomic E-state index is 0.334. The van der Waals surface area contributed by atoms with Crippen LogP contribution in [-0.4, -0.2) is 22.8 Å². The van der Waals surface area contributed by atoms with Crippen LogP contribution in [0.15, 0.2) is 90.0 Å². The zero-order chi connectivity index (χ0) is 22.1. The Bertz CT molecular complexity index is 1360. The summed E-state index contributed by atoms with van der Waals surface area (Å²) < 4.78 is 7.51. The van der Waals surface area contributed by atoms with Crippen LogP contribution < -0.4 is 9.64 Å². The van der Waals surface area contributed by atoms with E-state index < -0.39 is 0 Å². The average molecular weight is 441 g/mol. The van der Waals surface area contributed by atoms with E-state index in [4.69, 9.17) is 4.74 Å². The molecule has 1 saturated heterocycles. The van der Waals surface area contributed by atoms with E-state index >= 15 is 0 Å². The number of imide groups is 1. The number of aromatic nitrogens is 1. The lowest BCUT2D eigenvalue weighted by atomic mass is 10.1. The molecule has 0 radical (unpaired) electrons. The molecule has 32 heavy (non-hydrogen) atoms. The number of thioether (sulfide) groups is 1. The van der Waals surface area contributed by atoms with Gasteiger partial charge in [0.1, 0.15) is 5.75 Å². The second-order valence-corrected chi connectivity index (χ2v) is 8.40. The third kappa shape index (κ3) is 3.59. The number of fused-ring (bicyclic) bond motifs is 1. The summed E-state index contributed by atoms with van der Waals surface area (Å²) in [5.74, 6) is 0.139. The predicted molar refractivity (Wildman–Crippen MR) is 129 cm³/mol. The van der Waals surface area contributed by atoms with Gasteiger partial charge in [-0.25, -0.2) is 4.90 Å². The van der Waals surface area contributed by atoms with E-state index in [1.54, 1.807) is 24.3 Å².